The van der Waals surface area contributed by atoms with Crippen molar-refractivity contribution in [1.29, 1.82) is 0 Å². The summed E-state index contributed by atoms with van der Waals surface area (Å²) in [5.74, 6) is -0.105. The van der Waals surface area contributed by atoms with Gasteiger partial charge in [0, 0.05) is 22.6 Å². The first-order valence-corrected chi connectivity index (χ1v) is 8.24. The molecule has 0 aliphatic carbocycles. The van der Waals surface area contributed by atoms with Crippen molar-refractivity contribution in [3.05, 3.63) is 33.8 Å². The van der Waals surface area contributed by atoms with Gasteiger partial charge in [-0.3, -0.25) is 4.79 Å². The van der Waals surface area contributed by atoms with Gasteiger partial charge in [0.2, 0.25) is 5.91 Å². The lowest BCUT2D eigenvalue weighted by Gasteiger charge is -2.26. The molecule has 1 heterocycles. The van der Waals surface area contributed by atoms with Crippen molar-refractivity contribution in [2.45, 2.75) is 50.9 Å². The fourth-order valence-electron chi connectivity index (χ4n) is 2.97. The van der Waals surface area contributed by atoms with Gasteiger partial charge in [-0.1, -0.05) is 23.2 Å². The minimum Gasteiger partial charge on any atom is -0.393 e. The van der Waals surface area contributed by atoms with Crippen LogP contribution in [0.2, 0.25) is 10.0 Å². The predicted octanol–water partition coefficient (Wildman–Crippen LogP) is 3.18. The zero-order valence-corrected chi connectivity index (χ0v) is 14.0. The Morgan fingerprint density at radius 2 is 1.95 bits per heavy atom. The van der Waals surface area contributed by atoms with Crippen molar-refractivity contribution >= 4 is 29.1 Å². The molecule has 1 saturated heterocycles. The molecule has 3 atom stereocenters. The lowest BCUT2D eigenvalue weighted by Crippen LogP contribution is -2.37. The quantitative estimate of drug-likeness (QED) is 0.861. The number of aliphatic hydroxyl groups excluding tert-OH is 2. The van der Waals surface area contributed by atoms with Gasteiger partial charge in [0.05, 0.1) is 18.6 Å². The van der Waals surface area contributed by atoms with E-state index in [-0.39, 0.29) is 18.4 Å². The average molecular weight is 346 g/mol. The summed E-state index contributed by atoms with van der Waals surface area (Å²) >= 11 is 11.8. The standard InChI is InChI=1S/C16H21Cl2NO3/c1-10(20)5-14-3-2-4-19(14)16(22)9-15(21)11-6-12(17)8-13(18)7-11/h6-8,10,14-15,20-21H,2-5,9H2,1H3. The van der Waals surface area contributed by atoms with Crippen molar-refractivity contribution < 1.29 is 15.0 Å². The molecular weight excluding hydrogens is 325 g/mol. The lowest BCUT2D eigenvalue weighted by atomic mass is 10.0. The van der Waals surface area contributed by atoms with E-state index in [1.807, 2.05) is 0 Å². The van der Waals surface area contributed by atoms with E-state index in [0.717, 1.165) is 12.8 Å². The summed E-state index contributed by atoms with van der Waals surface area (Å²) in [6.07, 6.45) is 1.03. The summed E-state index contributed by atoms with van der Waals surface area (Å²) in [6, 6.07) is 4.87. The van der Waals surface area contributed by atoms with Crippen LogP contribution < -0.4 is 0 Å². The summed E-state index contributed by atoms with van der Waals surface area (Å²) in [4.78, 5) is 14.2. The third kappa shape index (κ3) is 4.59. The molecule has 1 aromatic carbocycles. The number of amides is 1. The van der Waals surface area contributed by atoms with Crippen LogP contribution in [0, 0.1) is 0 Å². The van der Waals surface area contributed by atoms with Gasteiger partial charge in [0.1, 0.15) is 0 Å². The predicted molar refractivity (Wildman–Crippen MR) is 87.1 cm³/mol. The summed E-state index contributed by atoms with van der Waals surface area (Å²) in [6.45, 7) is 2.41. The van der Waals surface area contributed by atoms with E-state index >= 15 is 0 Å². The Bertz CT molecular complexity index is 516. The number of benzene rings is 1. The first-order valence-electron chi connectivity index (χ1n) is 7.48. The molecule has 0 aromatic heterocycles. The number of aliphatic hydroxyl groups is 2. The molecule has 0 bridgehead atoms. The number of likely N-dealkylation sites (tertiary alicyclic amines) is 1. The van der Waals surface area contributed by atoms with Crippen molar-refractivity contribution in [1.82, 2.24) is 4.90 Å². The maximum atomic E-state index is 12.4. The van der Waals surface area contributed by atoms with E-state index in [4.69, 9.17) is 23.2 Å². The molecule has 22 heavy (non-hydrogen) atoms. The Hall–Kier alpha value is -0.810. The number of hydrogen-bond acceptors (Lipinski definition) is 3. The first kappa shape index (κ1) is 17.5. The minimum atomic E-state index is -0.934. The number of hydrogen-bond donors (Lipinski definition) is 2. The summed E-state index contributed by atoms with van der Waals surface area (Å²) in [5.41, 5.74) is 0.539. The lowest BCUT2D eigenvalue weighted by molar-refractivity contribution is -0.134. The second-order valence-electron chi connectivity index (χ2n) is 5.89. The molecule has 4 nitrogen and oxygen atoms in total. The minimum absolute atomic E-state index is 0.00696. The van der Waals surface area contributed by atoms with Crippen LogP contribution in [-0.4, -0.2) is 39.7 Å². The molecule has 3 unspecified atom stereocenters. The normalized spacial score (nSPS) is 21.0. The van der Waals surface area contributed by atoms with E-state index in [2.05, 4.69) is 0 Å². The molecule has 1 amide bonds. The van der Waals surface area contributed by atoms with Crippen LogP contribution in [0.1, 0.15) is 44.3 Å². The van der Waals surface area contributed by atoms with Crippen LogP contribution in [0.4, 0.5) is 0 Å². The van der Waals surface area contributed by atoms with Crippen molar-refractivity contribution in [2.24, 2.45) is 0 Å². The van der Waals surface area contributed by atoms with Gasteiger partial charge < -0.3 is 15.1 Å². The van der Waals surface area contributed by atoms with Crippen LogP contribution in [0.3, 0.4) is 0 Å². The average Bonchev–Trinajstić information content (AvgIpc) is 2.84. The highest BCUT2D eigenvalue weighted by molar-refractivity contribution is 6.34. The Labute approximate surface area is 140 Å². The largest absolute Gasteiger partial charge is 0.393 e. The zero-order valence-electron chi connectivity index (χ0n) is 12.5. The molecule has 6 heteroatoms. The number of carbonyl (C=O) groups excluding carboxylic acids is 1. The molecule has 1 aliphatic heterocycles. The Morgan fingerprint density at radius 3 is 2.55 bits per heavy atom. The molecule has 1 aromatic rings. The van der Waals surface area contributed by atoms with Crippen LogP contribution in [0.5, 0.6) is 0 Å². The third-order valence-corrected chi connectivity index (χ3v) is 4.38. The molecular formula is C16H21Cl2NO3. The van der Waals surface area contributed by atoms with Crippen molar-refractivity contribution in [3.63, 3.8) is 0 Å². The fourth-order valence-corrected chi connectivity index (χ4v) is 3.51. The van der Waals surface area contributed by atoms with Gasteiger partial charge in [-0.25, -0.2) is 0 Å². The van der Waals surface area contributed by atoms with E-state index in [9.17, 15) is 15.0 Å². The van der Waals surface area contributed by atoms with Crippen LogP contribution >= 0.6 is 23.2 Å². The van der Waals surface area contributed by atoms with Crippen LogP contribution in [0.15, 0.2) is 18.2 Å². The molecule has 0 spiro atoms. The van der Waals surface area contributed by atoms with E-state index < -0.39 is 12.2 Å². The number of carbonyl (C=O) groups is 1. The molecule has 122 valence electrons. The number of rotatable bonds is 5. The van der Waals surface area contributed by atoms with E-state index in [0.29, 0.717) is 28.6 Å². The van der Waals surface area contributed by atoms with Crippen molar-refractivity contribution in [3.8, 4) is 0 Å². The summed E-state index contributed by atoms with van der Waals surface area (Å²) in [5, 5.41) is 20.6. The Balaban J connectivity index is 2.01. The highest BCUT2D eigenvalue weighted by Gasteiger charge is 2.30. The molecule has 1 fully saturated rings. The highest BCUT2D eigenvalue weighted by atomic mass is 35.5. The first-order chi connectivity index (χ1) is 10.4. The summed E-state index contributed by atoms with van der Waals surface area (Å²) in [7, 11) is 0. The van der Waals surface area contributed by atoms with Gasteiger partial charge in [0.15, 0.2) is 0 Å². The second kappa shape index (κ2) is 7.64. The highest BCUT2D eigenvalue weighted by Crippen LogP contribution is 2.28. The van der Waals surface area contributed by atoms with Crippen LogP contribution in [-0.2, 0) is 4.79 Å². The van der Waals surface area contributed by atoms with Gasteiger partial charge >= 0.3 is 0 Å². The Kier molecular flexibility index (Phi) is 6.09. The second-order valence-corrected chi connectivity index (χ2v) is 6.76. The van der Waals surface area contributed by atoms with Gasteiger partial charge in [-0.05, 0) is 49.9 Å². The molecule has 1 aliphatic rings. The molecule has 0 saturated carbocycles. The van der Waals surface area contributed by atoms with E-state index in [1.54, 1.807) is 30.0 Å². The van der Waals surface area contributed by atoms with Crippen LogP contribution in [0.25, 0.3) is 0 Å². The fraction of sp³-hybridized carbons (Fsp3) is 0.562. The Morgan fingerprint density at radius 1 is 1.32 bits per heavy atom. The van der Waals surface area contributed by atoms with Crippen molar-refractivity contribution in [2.75, 3.05) is 6.54 Å². The summed E-state index contributed by atoms with van der Waals surface area (Å²) < 4.78 is 0. The van der Waals surface area contributed by atoms with E-state index in [1.165, 1.54) is 0 Å². The van der Waals surface area contributed by atoms with Gasteiger partial charge in [-0.15, -0.1) is 0 Å². The monoisotopic (exact) mass is 345 g/mol. The SMILES string of the molecule is CC(O)CC1CCCN1C(=O)CC(O)c1cc(Cl)cc(Cl)c1. The molecule has 2 N–H and O–H groups in total. The number of halogens is 2. The van der Waals surface area contributed by atoms with Gasteiger partial charge in [0.25, 0.3) is 0 Å². The van der Waals surface area contributed by atoms with Gasteiger partial charge in [-0.2, -0.15) is 0 Å². The number of nitrogens with zero attached hydrogens (tertiary/aromatic N) is 1. The molecule has 2 rings (SSSR count). The maximum absolute atomic E-state index is 12.4. The molecule has 0 radical (unpaired) electrons. The topological polar surface area (TPSA) is 60.8 Å². The zero-order chi connectivity index (χ0) is 16.3. The maximum Gasteiger partial charge on any atom is 0.225 e. The smallest absolute Gasteiger partial charge is 0.225 e. The third-order valence-electron chi connectivity index (χ3n) is 3.95.